The summed E-state index contributed by atoms with van der Waals surface area (Å²) in [6, 6.07) is 9.76. The third-order valence-electron chi connectivity index (χ3n) is 6.70. The van der Waals surface area contributed by atoms with Crippen LogP contribution in [0.15, 0.2) is 34.7 Å². The van der Waals surface area contributed by atoms with Crippen LogP contribution in [0.1, 0.15) is 38.0 Å². The molecule has 0 saturated carbocycles. The van der Waals surface area contributed by atoms with E-state index in [2.05, 4.69) is 15.1 Å². The number of amides is 2. The molecule has 0 radical (unpaired) electrons. The van der Waals surface area contributed by atoms with Crippen LogP contribution >= 0.6 is 0 Å². The van der Waals surface area contributed by atoms with Gasteiger partial charge in [-0.3, -0.25) is 9.59 Å². The van der Waals surface area contributed by atoms with Crippen LogP contribution in [-0.4, -0.2) is 83.5 Å². The first-order valence-electron chi connectivity index (χ1n) is 11.5. The van der Waals surface area contributed by atoms with Gasteiger partial charge in [-0.15, -0.1) is 10.2 Å². The van der Waals surface area contributed by atoms with Gasteiger partial charge in [0.15, 0.2) is 0 Å². The quantitative estimate of drug-likeness (QED) is 0.688. The lowest BCUT2D eigenvalue weighted by molar-refractivity contribution is -0.132. The smallest absolute Gasteiger partial charge is 0.247 e. The summed E-state index contributed by atoms with van der Waals surface area (Å²) in [5.74, 6) is 2.08. The highest BCUT2D eigenvalue weighted by atomic mass is 16.4. The molecular formula is C24H33N5O3. The van der Waals surface area contributed by atoms with E-state index in [-0.39, 0.29) is 23.7 Å². The van der Waals surface area contributed by atoms with Crippen molar-refractivity contribution in [2.45, 2.75) is 32.1 Å². The van der Waals surface area contributed by atoms with Gasteiger partial charge in [-0.2, -0.15) is 0 Å². The van der Waals surface area contributed by atoms with E-state index in [0.717, 1.165) is 38.0 Å². The summed E-state index contributed by atoms with van der Waals surface area (Å²) >= 11 is 0. The Morgan fingerprint density at radius 2 is 1.78 bits per heavy atom. The number of likely N-dealkylation sites (tertiary alicyclic amines) is 2. The van der Waals surface area contributed by atoms with Gasteiger partial charge in [0.25, 0.3) is 0 Å². The maximum atomic E-state index is 13.1. The molecule has 32 heavy (non-hydrogen) atoms. The molecule has 8 nitrogen and oxygen atoms in total. The molecule has 2 aliphatic heterocycles. The van der Waals surface area contributed by atoms with Gasteiger partial charge in [-0.25, -0.2) is 0 Å². The Kier molecular flexibility index (Phi) is 6.89. The molecule has 0 N–H and O–H groups in total. The van der Waals surface area contributed by atoms with Crippen LogP contribution in [0.4, 0.5) is 0 Å². The van der Waals surface area contributed by atoms with Gasteiger partial charge < -0.3 is 19.1 Å². The summed E-state index contributed by atoms with van der Waals surface area (Å²) in [6.07, 6.45) is 2.34. The van der Waals surface area contributed by atoms with Gasteiger partial charge in [-0.05, 0) is 45.0 Å². The number of rotatable bonds is 6. The zero-order valence-electron chi connectivity index (χ0n) is 19.2. The Bertz CT molecular complexity index is 921. The molecular weight excluding hydrogens is 406 g/mol. The Labute approximate surface area is 189 Å². The molecule has 8 heteroatoms. The first-order valence-corrected chi connectivity index (χ1v) is 11.5. The minimum absolute atomic E-state index is 0.0332. The van der Waals surface area contributed by atoms with Crippen molar-refractivity contribution in [3.8, 4) is 11.5 Å². The van der Waals surface area contributed by atoms with Gasteiger partial charge >= 0.3 is 0 Å². The number of piperidine rings is 1. The normalized spacial score (nSPS) is 22.0. The molecule has 0 aliphatic carbocycles. The summed E-state index contributed by atoms with van der Waals surface area (Å²) < 4.78 is 6.06. The Hall–Kier alpha value is -2.74. The van der Waals surface area contributed by atoms with E-state index in [1.165, 1.54) is 0 Å². The fraction of sp³-hybridized carbons (Fsp3) is 0.583. The molecule has 172 valence electrons. The summed E-state index contributed by atoms with van der Waals surface area (Å²) in [5.41, 5.74) is 0.901. The van der Waals surface area contributed by atoms with E-state index in [1.807, 2.05) is 54.2 Å². The van der Waals surface area contributed by atoms with E-state index < -0.39 is 0 Å². The van der Waals surface area contributed by atoms with Crippen LogP contribution < -0.4 is 0 Å². The van der Waals surface area contributed by atoms with Gasteiger partial charge in [0.2, 0.25) is 23.6 Å². The number of benzene rings is 1. The molecule has 2 saturated heterocycles. The van der Waals surface area contributed by atoms with Crippen molar-refractivity contribution in [1.29, 1.82) is 0 Å². The zero-order valence-corrected chi connectivity index (χ0v) is 19.2. The van der Waals surface area contributed by atoms with Crippen LogP contribution in [-0.2, 0) is 9.59 Å². The number of aromatic nitrogens is 2. The van der Waals surface area contributed by atoms with E-state index in [1.54, 1.807) is 6.92 Å². The highest BCUT2D eigenvalue weighted by Gasteiger charge is 2.40. The minimum atomic E-state index is 0.0332. The van der Waals surface area contributed by atoms with Gasteiger partial charge in [0, 0.05) is 57.5 Å². The average Bonchev–Trinajstić information content (AvgIpc) is 3.42. The summed E-state index contributed by atoms with van der Waals surface area (Å²) in [6.45, 7) is 5.29. The second-order valence-electron chi connectivity index (χ2n) is 9.39. The minimum Gasteiger partial charge on any atom is -0.420 e. The second kappa shape index (κ2) is 9.81. The first kappa shape index (κ1) is 22.5. The van der Waals surface area contributed by atoms with Crippen LogP contribution in [0.2, 0.25) is 0 Å². The summed E-state index contributed by atoms with van der Waals surface area (Å²) in [4.78, 5) is 30.7. The number of nitrogens with zero attached hydrogens (tertiary/aromatic N) is 5. The van der Waals surface area contributed by atoms with Crippen molar-refractivity contribution < 1.29 is 14.0 Å². The van der Waals surface area contributed by atoms with Gasteiger partial charge in [0.05, 0.1) is 5.92 Å². The molecule has 1 aromatic carbocycles. The highest BCUT2D eigenvalue weighted by molar-refractivity contribution is 5.77. The van der Waals surface area contributed by atoms with Gasteiger partial charge in [-0.1, -0.05) is 18.2 Å². The lowest BCUT2D eigenvalue weighted by Gasteiger charge is -2.31. The maximum Gasteiger partial charge on any atom is 0.247 e. The maximum absolute atomic E-state index is 13.1. The number of carbonyl (C=O) groups is 2. The molecule has 0 spiro atoms. The molecule has 2 aromatic rings. The van der Waals surface area contributed by atoms with Crippen molar-refractivity contribution in [2.24, 2.45) is 11.8 Å². The standard InChI is InChI=1S/C24H33N5O3/c1-17(30)28-11-9-18(10-12-28)13-22(31)29-15-20(14-27(2)3)21(16-29)24-26-25-23(32-24)19-7-5-4-6-8-19/h4-8,18,20-21H,9-16H2,1-3H3/t20-,21-/m0/s1. The number of hydrogen-bond donors (Lipinski definition) is 0. The Morgan fingerprint density at radius 1 is 1.06 bits per heavy atom. The summed E-state index contributed by atoms with van der Waals surface area (Å²) in [5, 5.41) is 8.62. The predicted octanol–water partition coefficient (Wildman–Crippen LogP) is 2.49. The lowest BCUT2D eigenvalue weighted by atomic mass is 9.93. The molecule has 2 aliphatic rings. The molecule has 2 amide bonds. The predicted molar refractivity (Wildman–Crippen MR) is 121 cm³/mol. The Morgan fingerprint density at radius 3 is 2.44 bits per heavy atom. The van der Waals surface area contributed by atoms with Crippen molar-refractivity contribution in [2.75, 3.05) is 46.8 Å². The highest BCUT2D eigenvalue weighted by Crippen LogP contribution is 2.35. The largest absolute Gasteiger partial charge is 0.420 e. The molecule has 3 heterocycles. The van der Waals surface area contributed by atoms with E-state index in [4.69, 9.17) is 4.42 Å². The van der Waals surface area contributed by atoms with E-state index >= 15 is 0 Å². The molecule has 2 atom stereocenters. The fourth-order valence-corrected chi connectivity index (χ4v) is 4.92. The Balaban J connectivity index is 1.42. The fourth-order valence-electron chi connectivity index (χ4n) is 4.92. The molecule has 4 rings (SSSR count). The lowest BCUT2D eigenvalue weighted by Crippen LogP contribution is -2.39. The first-order chi connectivity index (χ1) is 15.4. The molecule has 0 bridgehead atoms. The third kappa shape index (κ3) is 5.18. The van der Waals surface area contributed by atoms with E-state index in [0.29, 0.717) is 37.2 Å². The van der Waals surface area contributed by atoms with Crippen LogP contribution in [0.25, 0.3) is 11.5 Å². The van der Waals surface area contributed by atoms with Crippen LogP contribution in [0.3, 0.4) is 0 Å². The molecule has 1 aromatic heterocycles. The van der Waals surface area contributed by atoms with Crippen LogP contribution in [0.5, 0.6) is 0 Å². The topological polar surface area (TPSA) is 82.8 Å². The van der Waals surface area contributed by atoms with Crippen molar-refractivity contribution in [3.05, 3.63) is 36.2 Å². The van der Waals surface area contributed by atoms with Crippen molar-refractivity contribution >= 4 is 11.8 Å². The molecule has 2 fully saturated rings. The monoisotopic (exact) mass is 439 g/mol. The third-order valence-corrected chi connectivity index (χ3v) is 6.70. The number of carbonyl (C=O) groups excluding carboxylic acids is 2. The average molecular weight is 440 g/mol. The van der Waals surface area contributed by atoms with Crippen LogP contribution in [0, 0.1) is 11.8 Å². The second-order valence-corrected chi connectivity index (χ2v) is 9.39. The van der Waals surface area contributed by atoms with E-state index in [9.17, 15) is 9.59 Å². The summed E-state index contributed by atoms with van der Waals surface area (Å²) in [7, 11) is 4.10. The zero-order chi connectivity index (χ0) is 22.7. The van der Waals surface area contributed by atoms with Crippen molar-refractivity contribution in [1.82, 2.24) is 24.9 Å². The SMILES string of the molecule is CC(=O)N1CCC(CC(=O)N2C[C@H](CN(C)C)[C@@H](c3nnc(-c4ccccc4)o3)C2)CC1. The molecule has 0 unspecified atom stereocenters. The van der Waals surface area contributed by atoms with Gasteiger partial charge in [0.1, 0.15) is 0 Å². The van der Waals surface area contributed by atoms with Crippen molar-refractivity contribution in [3.63, 3.8) is 0 Å². The number of hydrogen-bond acceptors (Lipinski definition) is 6.